The van der Waals surface area contributed by atoms with Crippen LogP contribution in [0.1, 0.15) is 36.5 Å². The molecule has 1 aliphatic heterocycles. The lowest BCUT2D eigenvalue weighted by atomic mass is 9.93. The van der Waals surface area contributed by atoms with E-state index in [1.54, 1.807) is 0 Å². The van der Waals surface area contributed by atoms with Crippen molar-refractivity contribution in [1.29, 1.82) is 0 Å². The van der Waals surface area contributed by atoms with Crippen molar-refractivity contribution in [3.8, 4) is 0 Å². The van der Waals surface area contributed by atoms with Crippen molar-refractivity contribution in [3.63, 3.8) is 0 Å². The first kappa shape index (κ1) is 31.6. The molecule has 8 heteroatoms. The van der Waals surface area contributed by atoms with Crippen LogP contribution in [0.15, 0.2) is 103 Å². The van der Waals surface area contributed by atoms with Gasteiger partial charge in [-0.1, -0.05) is 103 Å². The molecule has 2 aliphatic carbocycles. The summed E-state index contributed by atoms with van der Waals surface area (Å²) in [6.07, 6.45) is 2.74. The molecular formula is C37H42O8. The molecule has 8 atom stereocenters. The van der Waals surface area contributed by atoms with Gasteiger partial charge in [0, 0.05) is 6.92 Å². The smallest absolute Gasteiger partial charge is 0.302 e. The van der Waals surface area contributed by atoms with E-state index in [4.69, 9.17) is 28.4 Å². The van der Waals surface area contributed by atoms with E-state index < -0.39 is 36.4 Å². The first-order valence-corrected chi connectivity index (χ1v) is 15.8. The highest BCUT2D eigenvalue weighted by atomic mass is 16.8. The molecule has 1 saturated carbocycles. The van der Waals surface area contributed by atoms with E-state index in [9.17, 15) is 9.90 Å². The zero-order chi connectivity index (χ0) is 31.1. The molecule has 0 amide bonds. The summed E-state index contributed by atoms with van der Waals surface area (Å²) in [5, 5.41) is 12.6. The Hall–Kier alpha value is -3.37. The Labute approximate surface area is 264 Å². The molecule has 1 heterocycles. The molecule has 8 nitrogen and oxygen atoms in total. The van der Waals surface area contributed by atoms with Crippen molar-refractivity contribution in [1.82, 2.24) is 0 Å². The lowest BCUT2D eigenvalue weighted by Gasteiger charge is -2.50. The van der Waals surface area contributed by atoms with Crippen LogP contribution in [-0.2, 0) is 53.0 Å². The fourth-order valence-electron chi connectivity index (χ4n) is 6.55. The SMILES string of the molecule is CC(=O)OC[C@H]1O[C@@H](OCC2C[C@@H]3C=C[C@H]2C3)C(O)(OCc2ccccc2)[C@@H](OCc2ccccc2)[C@@H]1OCc1ccccc1. The van der Waals surface area contributed by atoms with Gasteiger partial charge in [-0.15, -0.1) is 0 Å². The number of hydrogen-bond acceptors (Lipinski definition) is 8. The zero-order valence-electron chi connectivity index (χ0n) is 25.6. The monoisotopic (exact) mass is 614 g/mol. The van der Waals surface area contributed by atoms with Gasteiger partial charge in [-0.25, -0.2) is 0 Å². The average molecular weight is 615 g/mol. The maximum Gasteiger partial charge on any atom is 0.302 e. The minimum Gasteiger partial charge on any atom is -0.463 e. The molecule has 45 heavy (non-hydrogen) atoms. The lowest BCUT2D eigenvalue weighted by Crippen LogP contribution is -2.69. The fourth-order valence-corrected chi connectivity index (χ4v) is 6.55. The lowest BCUT2D eigenvalue weighted by molar-refractivity contribution is -0.429. The van der Waals surface area contributed by atoms with E-state index in [-0.39, 0.29) is 26.4 Å². The van der Waals surface area contributed by atoms with E-state index in [2.05, 4.69) is 12.2 Å². The third kappa shape index (κ3) is 7.90. The van der Waals surface area contributed by atoms with E-state index in [0.29, 0.717) is 24.4 Å². The molecule has 2 bridgehead atoms. The number of rotatable bonds is 14. The van der Waals surface area contributed by atoms with Gasteiger partial charge in [0.25, 0.3) is 0 Å². The molecule has 0 radical (unpaired) electrons. The number of carbonyl (C=O) groups excluding carboxylic acids is 1. The molecule has 3 aromatic carbocycles. The third-order valence-electron chi connectivity index (χ3n) is 8.91. The summed E-state index contributed by atoms with van der Waals surface area (Å²) in [6, 6.07) is 29.1. The van der Waals surface area contributed by atoms with Gasteiger partial charge >= 0.3 is 5.97 Å². The Balaban J connectivity index is 1.32. The number of hydrogen-bond donors (Lipinski definition) is 1. The number of ether oxygens (including phenoxy) is 6. The summed E-state index contributed by atoms with van der Waals surface area (Å²) in [4.78, 5) is 11.9. The number of fused-ring (bicyclic) bond motifs is 2. The van der Waals surface area contributed by atoms with Crippen LogP contribution < -0.4 is 0 Å². The summed E-state index contributed by atoms with van der Waals surface area (Å²) >= 11 is 0. The summed E-state index contributed by atoms with van der Waals surface area (Å²) in [5.74, 6) is -1.19. The predicted octanol–water partition coefficient (Wildman–Crippen LogP) is 5.58. The van der Waals surface area contributed by atoms with Gasteiger partial charge in [-0.05, 0) is 47.3 Å². The highest BCUT2D eigenvalue weighted by molar-refractivity contribution is 5.65. The van der Waals surface area contributed by atoms with E-state index in [1.165, 1.54) is 6.92 Å². The number of carbonyl (C=O) groups is 1. The second-order valence-corrected chi connectivity index (χ2v) is 12.2. The van der Waals surface area contributed by atoms with Gasteiger partial charge in [0.2, 0.25) is 12.1 Å². The molecule has 2 fully saturated rings. The van der Waals surface area contributed by atoms with Gasteiger partial charge < -0.3 is 33.5 Å². The molecule has 1 saturated heterocycles. The predicted molar refractivity (Wildman–Crippen MR) is 166 cm³/mol. The van der Waals surface area contributed by atoms with Crippen LogP contribution in [0.2, 0.25) is 0 Å². The topological polar surface area (TPSA) is 92.7 Å². The first-order valence-electron chi connectivity index (χ1n) is 15.8. The minimum atomic E-state index is -2.06. The van der Waals surface area contributed by atoms with Crippen molar-refractivity contribution in [3.05, 3.63) is 120 Å². The first-order chi connectivity index (χ1) is 22.0. The summed E-state index contributed by atoms with van der Waals surface area (Å²) in [7, 11) is 0. The molecule has 0 spiro atoms. The quantitative estimate of drug-likeness (QED) is 0.143. The molecule has 0 aromatic heterocycles. The van der Waals surface area contributed by atoms with E-state index in [1.807, 2.05) is 91.0 Å². The van der Waals surface area contributed by atoms with Crippen molar-refractivity contribution >= 4 is 5.97 Å². The van der Waals surface area contributed by atoms with Crippen LogP contribution in [-0.4, -0.2) is 54.7 Å². The van der Waals surface area contributed by atoms with E-state index >= 15 is 0 Å². The van der Waals surface area contributed by atoms with Crippen LogP contribution in [0.3, 0.4) is 0 Å². The standard InChI is InChI=1S/C37H42O8/c1-26(38)40-25-33-34(41-21-27-11-5-2-6-12-27)35(42-22-28-13-7-3-8-14-28)37(39,44-23-29-15-9-4-10-16-29)36(45-33)43-24-32-20-30-17-18-31(32)19-30/h2-18,30-36,39H,19-25H2,1H3/t30-,31+,32?,33-,34-,35+,36-,37?/m1/s1. The normalized spacial score (nSPS) is 30.4. The number of esters is 1. The second-order valence-electron chi connectivity index (χ2n) is 12.2. The minimum absolute atomic E-state index is 0.0860. The Morgan fingerprint density at radius 2 is 1.38 bits per heavy atom. The number of aliphatic hydroxyl groups is 1. The van der Waals surface area contributed by atoms with Crippen molar-refractivity contribution in [2.45, 2.75) is 70.0 Å². The Kier molecular flexibility index (Phi) is 10.4. The maximum atomic E-state index is 12.6. The van der Waals surface area contributed by atoms with Gasteiger partial charge in [-0.3, -0.25) is 4.79 Å². The molecule has 3 aliphatic rings. The summed E-state index contributed by atoms with van der Waals surface area (Å²) < 4.78 is 37.8. The van der Waals surface area contributed by atoms with Crippen molar-refractivity contribution < 1.29 is 38.3 Å². The summed E-state index contributed by atoms with van der Waals surface area (Å²) in [5.41, 5.74) is 2.72. The second kappa shape index (κ2) is 14.8. The van der Waals surface area contributed by atoms with Crippen molar-refractivity contribution in [2.75, 3.05) is 13.2 Å². The highest BCUT2D eigenvalue weighted by Crippen LogP contribution is 2.44. The van der Waals surface area contributed by atoms with Crippen LogP contribution >= 0.6 is 0 Å². The Bertz CT molecular complexity index is 1380. The van der Waals surface area contributed by atoms with Gasteiger partial charge in [0.1, 0.15) is 24.9 Å². The van der Waals surface area contributed by atoms with Gasteiger partial charge in [-0.2, -0.15) is 0 Å². The molecule has 2 unspecified atom stereocenters. The number of allylic oxidation sites excluding steroid dienone is 2. The largest absolute Gasteiger partial charge is 0.463 e. The van der Waals surface area contributed by atoms with Gasteiger partial charge in [0.05, 0.1) is 26.4 Å². The van der Waals surface area contributed by atoms with Gasteiger partial charge in [0.15, 0.2) is 0 Å². The zero-order valence-corrected chi connectivity index (χ0v) is 25.6. The van der Waals surface area contributed by atoms with Crippen LogP contribution in [0, 0.1) is 17.8 Å². The molecule has 6 rings (SSSR count). The third-order valence-corrected chi connectivity index (χ3v) is 8.91. The van der Waals surface area contributed by atoms with E-state index in [0.717, 1.165) is 29.5 Å². The fraction of sp³-hybridized carbons (Fsp3) is 0.432. The Morgan fingerprint density at radius 1 is 0.778 bits per heavy atom. The highest BCUT2D eigenvalue weighted by Gasteiger charge is 2.59. The van der Waals surface area contributed by atoms with Crippen molar-refractivity contribution in [2.24, 2.45) is 17.8 Å². The molecule has 1 N–H and O–H groups in total. The maximum absolute atomic E-state index is 12.6. The molecular weight excluding hydrogens is 572 g/mol. The van der Waals surface area contributed by atoms with Crippen LogP contribution in [0.4, 0.5) is 0 Å². The van der Waals surface area contributed by atoms with Crippen LogP contribution in [0.5, 0.6) is 0 Å². The molecule has 3 aromatic rings. The summed E-state index contributed by atoms with van der Waals surface area (Å²) in [6.45, 7) is 2.11. The Morgan fingerprint density at radius 3 is 1.93 bits per heavy atom. The number of benzene rings is 3. The molecule has 238 valence electrons. The average Bonchev–Trinajstić information content (AvgIpc) is 3.70. The van der Waals surface area contributed by atoms with Crippen LogP contribution in [0.25, 0.3) is 0 Å².